The second-order valence-corrected chi connectivity index (χ2v) is 8.71. The van der Waals surface area contributed by atoms with E-state index < -0.39 is 57.6 Å². The maximum Gasteiger partial charge on any atom is 0.402 e. The molecule has 220 valence electrons. The number of halogens is 15. The molecule has 0 aliphatic rings. The van der Waals surface area contributed by atoms with Crippen molar-refractivity contribution in [3.63, 3.8) is 0 Å². The Kier molecular flexibility index (Phi) is 11.2. The normalized spacial score (nSPS) is 15.4. The van der Waals surface area contributed by atoms with E-state index in [0.717, 1.165) is 0 Å². The van der Waals surface area contributed by atoms with Crippen molar-refractivity contribution in [1.82, 2.24) is 0 Å². The van der Waals surface area contributed by atoms with Crippen molar-refractivity contribution in [2.75, 3.05) is 32.9 Å². The molecule has 0 fully saturated rings. The summed E-state index contributed by atoms with van der Waals surface area (Å²) >= 11 is 0. The van der Waals surface area contributed by atoms with Gasteiger partial charge in [0, 0.05) is 0 Å². The predicted octanol–water partition coefficient (Wildman–Crippen LogP) is 5.79. The van der Waals surface area contributed by atoms with Gasteiger partial charge < -0.3 is 9.04 Å². The molecule has 0 N–H and O–H groups in total. The molecule has 0 saturated heterocycles. The van der Waals surface area contributed by atoms with Gasteiger partial charge >= 0.3 is 40.8 Å². The third-order valence-corrected chi connectivity index (χ3v) is 6.45. The fraction of sp³-hybridized carbons (Fsp3) is 1.00. The van der Waals surface area contributed by atoms with Crippen molar-refractivity contribution < 1.29 is 83.3 Å². The van der Waals surface area contributed by atoms with Gasteiger partial charge in [0.05, 0.1) is 26.2 Å². The van der Waals surface area contributed by atoms with Gasteiger partial charge in [0.2, 0.25) is 0 Å². The molecule has 0 bridgehead atoms. The SMILES string of the molecule is CC[N+](CC)(CC)CC.O=S(=O)([O-])C(F)(F)C(F)(F)C(F)(F)C(F)(F)C(F)(F)C(F)(F)C(F)(F)CF. The molecule has 0 aromatic rings. The van der Waals surface area contributed by atoms with E-state index in [-0.39, 0.29) is 0 Å². The molecular weight excluding hydrogens is 571 g/mol. The van der Waals surface area contributed by atoms with Crippen LogP contribution in [0.25, 0.3) is 0 Å². The van der Waals surface area contributed by atoms with Crippen molar-refractivity contribution in [1.29, 1.82) is 0 Å². The largest absolute Gasteiger partial charge is 0.743 e. The Morgan fingerprint density at radius 1 is 0.556 bits per heavy atom. The van der Waals surface area contributed by atoms with Gasteiger partial charge in [-0.15, -0.1) is 0 Å². The van der Waals surface area contributed by atoms with E-state index in [1.54, 1.807) is 0 Å². The fourth-order valence-electron chi connectivity index (χ4n) is 2.59. The molecule has 20 heteroatoms. The van der Waals surface area contributed by atoms with Crippen LogP contribution in [-0.2, 0) is 10.1 Å². The average molecular weight is 593 g/mol. The standard InChI is InChI=1S/C8H3F15O3S.C8H20N/c9-1-2(10,11)3(12,13)4(14,15)5(16,17)6(18,19)7(20,21)8(22,23)27(24,25)26;1-5-9(6-2,7-3)8-4/h1H2,(H,24,25,26);5-8H2,1-4H3/q;+1/p-1. The smallest absolute Gasteiger partial charge is 0.402 e. The number of rotatable bonds is 12. The van der Waals surface area contributed by atoms with Gasteiger partial charge in [-0.3, -0.25) is 0 Å². The van der Waals surface area contributed by atoms with Crippen LogP contribution in [0.1, 0.15) is 27.7 Å². The first-order valence-corrected chi connectivity index (χ1v) is 11.0. The second-order valence-electron chi connectivity index (χ2n) is 7.29. The molecule has 0 aliphatic heterocycles. The van der Waals surface area contributed by atoms with Gasteiger partial charge in [0.15, 0.2) is 16.8 Å². The van der Waals surface area contributed by atoms with E-state index in [4.69, 9.17) is 0 Å². The predicted molar refractivity (Wildman–Crippen MR) is 92.7 cm³/mol. The summed E-state index contributed by atoms with van der Waals surface area (Å²) in [4.78, 5) is 0. The molecule has 0 unspecified atom stereocenters. The number of quaternary nitrogens is 1. The molecule has 4 nitrogen and oxygen atoms in total. The Labute approximate surface area is 195 Å². The van der Waals surface area contributed by atoms with E-state index in [0.29, 0.717) is 0 Å². The van der Waals surface area contributed by atoms with Crippen LogP contribution in [0.15, 0.2) is 0 Å². The van der Waals surface area contributed by atoms with Crippen LogP contribution >= 0.6 is 0 Å². The van der Waals surface area contributed by atoms with Gasteiger partial charge in [-0.05, 0) is 27.7 Å². The van der Waals surface area contributed by atoms with Gasteiger partial charge in [-0.25, -0.2) is 12.8 Å². The molecular formula is C16H22F15NO3S. The summed E-state index contributed by atoms with van der Waals surface area (Å²) in [5.41, 5.74) is 0. The van der Waals surface area contributed by atoms with Crippen LogP contribution in [0.2, 0.25) is 0 Å². The highest BCUT2D eigenvalue weighted by atomic mass is 32.2. The second kappa shape index (κ2) is 10.9. The van der Waals surface area contributed by atoms with Gasteiger partial charge in [0.25, 0.3) is 0 Å². The maximum absolute atomic E-state index is 13.0. The Balaban J connectivity index is 0. The maximum atomic E-state index is 13.0. The van der Waals surface area contributed by atoms with Crippen molar-refractivity contribution in [3.05, 3.63) is 0 Å². The monoisotopic (exact) mass is 593 g/mol. The van der Waals surface area contributed by atoms with E-state index in [2.05, 4.69) is 27.7 Å². The molecule has 0 atom stereocenters. The average Bonchev–Trinajstić information content (AvgIpc) is 2.74. The summed E-state index contributed by atoms with van der Waals surface area (Å²) in [6.07, 6.45) is 0. The van der Waals surface area contributed by atoms with Crippen LogP contribution < -0.4 is 0 Å². The third kappa shape index (κ3) is 5.63. The van der Waals surface area contributed by atoms with Gasteiger partial charge in [-0.2, -0.15) is 61.5 Å². The highest BCUT2D eigenvalue weighted by Gasteiger charge is 2.93. The fourth-order valence-corrected chi connectivity index (χ4v) is 3.03. The summed E-state index contributed by atoms with van der Waals surface area (Å²) in [6.45, 7) is 10.3. The molecule has 36 heavy (non-hydrogen) atoms. The van der Waals surface area contributed by atoms with Crippen molar-refractivity contribution in [2.45, 2.75) is 68.5 Å². The summed E-state index contributed by atoms with van der Waals surface area (Å²) in [6, 6.07) is 0. The van der Waals surface area contributed by atoms with Crippen LogP contribution in [0.5, 0.6) is 0 Å². The first kappa shape index (κ1) is 37.0. The van der Waals surface area contributed by atoms with Crippen LogP contribution in [0, 0.1) is 0 Å². The Hall–Kier alpha value is -1.18. The lowest BCUT2D eigenvalue weighted by molar-refractivity contribution is -0.921. The minimum absolute atomic E-state index is 1.28. The van der Waals surface area contributed by atoms with Crippen LogP contribution in [0.4, 0.5) is 65.9 Å². The minimum atomic E-state index is -8.56. The number of nitrogens with zero attached hydrogens (tertiary/aromatic N) is 1. The zero-order chi connectivity index (χ0) is 30.0. The molecule has 0 radical (unpaired) electrons. The Morgan fingerprint density at radius 3 is 1.00 bits per heavy atom. The highest BCUT2D eigenvalue weighted by molar-refractivity contribution is 7.86. The molecule has 0 aromatic carbocycles. The lowest BCUT2D eigenvalue weighted by Crippen LogP contribution is -2.73. The third-order valence-electron chi connectivity index (χ3n) is 5.57. The summed E-state index contributed by atoms with van der Waals surface area (Å²) < 4.78 is 222. The lowest BCUT2D eigenvalue weighted by atomic mass is 9.91. The van der Waals surface area contributed by atoms with Gasteiger partial charge in [0.1, 0.15) is 0 Å². The van der Waals surface area contributed by atoms with E-state index >= 15 is 0 Å². The zero-order valence-corrected chi connectivity index (χ0v) is 19.6. The van der Waals surface area contributed by atoms with Gasteiger partial charge in [-0.1, -0.05) is 0 Å². The van der Waals surface area contributed by atoms with Crippen molar-refractivity contribution >= 4 is 10.1 Å². The molecule has 0 aliphatic carbocycles. The topological polar surface area (TPSA) is 57.2 Å². The van der Waals surface area contributed by atoms with Crippen molar-refractivity contribution in [2.24, 2.45) is 0 Å². The minimum Gasteiger partial charge on any atom is -0.743 e. The van der Waals surface area contributed by atoms with E-state index in [9.17, 15) is 78.8 Å². The number of alkyl halides is 15. The first-order valence-electron chi connectivity index (χ1n) is 9.56. The summed E-state index contributed by atoms with van der Waals surface area (Å²) in [7, 11) is -8.00. The Bertz CT molecular complexity index is 809. The number of hydrogen-bond donors (Lipinski definition) is 0. The molecule has 0 heterocycles. The molecule has 0 rings (SSSR count). The van der Waals surface area contributed by atoms with Crippen molar-refractivity contribution in [3.8, 4) is 0 Å². The lowest BCUT2D eigenvalue weighted by Gasteiger charge is -2.42. The quantitative estimate of drug-likeness (QED) is 0.164. The van der Waals surface area contributed by atoms with Crippen LogP contribution in [0.3, 0.4) is 0 Å². The number of hydrogen-bond acceptors (Lipinski definition) is 3. The summed E-state index contributed by atoms with van der Waals surface area (Å²) in [5, 5.41) is -7.79. The van der Waals surface area contributed by atoms with Crippen LogP contribution in [-0.4, -0.2) is 91.1 Å². The first-order chi connectivity index (χ1) is 15.6. The molecule has 0 amide bonds. The Morgan fingerprint density at radius 2 is 0.806 bits per heavy atom. The van der Waals surface area contributed by atoms with E-state index in [1.165, 1.54) is 30.7 Å². The highest BCUT2D eigenvalue weighted by Crippen LogP contribution is 2.62. The molecule has 0 aromatic heterocycles. The summed E-state index contributed by atoms with van der Waals surface area (Å²) in [5.74, 6) is -48.5. The molecule has 0 saturated carbocycles. The van der Waals surface area contributed by atoms with E-state index in [1.807, 2.05) is 0 Å². The zero-order valence-electron chi connectivity index (χ0n) is 18.8. The molecule has 0 spiro atoms.